The van der Waals surface area contributed by atoms with Crippen molar-refractivity contribution in [3.05, 3.63) is 56.7 Å². The molecule has 1 aromatic heterocycles. The largest absolute Gasteiger partial charge is 0.386 e. The highest BCUT2D eigenvalue weighted by Crippen LogP contribution is 2.27. The molecule has 8 heteroatoms. The molecule has 3 N–H and O–H groups in total. The number of aliphatic hydroxyl groups is 1. The number of thiophene rings is 1. The Morgan fingerprint density at radius 3 is 2.63 bits per heavy atom. The fraction of sp³-hybridized carbons (Fsp3) is 0.500. The highest BCUT2D eigenvalue weighted by Gasteiger charge is 2.20. The van der Waals surface area contributed by atoms with E-state index in [1.54, 1.807) is 0 Å². The summed E-state index contributed by atoms with van der Waals surface area (Å²) >= 11 is 7.36. The van der Waals surface area contributed by atoms with Gasteiger partial charge in [-0.3, -0.25) is 9.89 Å². The topological polar surface area (TPSA) is 59.9 Å². The molecule has 1 fully saturated rings. The molecule has 1 atom stereocenters. The first-order chi connectivity index (χ1) is 14.0. The Hall–Kier alpha value is -0.870. The van der Waals surface area contributed by atoms with Crippen molar-refractivity contribution >= 4 is 52.9 Å². The van der Waals surface area contributed by atoms with Crippen LogP contribution in [0.25, 0.3) is 0 Å². The molecule has 0 bridgehead atoms. The minimum atomic E-state index is -0.626. The SMILES string of the molecule is CCNC(=NCC(O)c1ccc(Cl)s1)NC1CCN(Cc2ccccc2C)CC1.I. The average Bonchev–Trinajstić information content (AvgIpc) is 3.16. The van der Waals surface area contributed by atoms with Gasteiger partial charge < -0.3 is 15.7 Å². The normalized spacial score (nSPS) is 16.7. The second-order valence-corrected chi connectivity index (χ2v) is 9.25. The number of hydrogen-bond donors (Lipinski definition) is 3. The van der Waals surface area contributed by atoms with Gasteiger partial charge in [-0.2, -0.15) is 0 Å². The number of piperidine rings is 1. The van der Waals surface area contributed by atoms with Crippen molar-refractivity contribution in [2.24, 2.45) is 4.99 Å². The third-order valence-corrected chi connectivity index (χ3v) is 6.60. The zero-order valence-corrected chi connectivity index (χ0v) is 21.5. The van der Waals surface area contributed by atoms with E-state index in [2.05, 4.69) is 58.6 Å². The third-order valence-electron chi connectivity index (χ3n) is 5.27. The maximum Gasteiger partial charge on any atom is 0.191 e. The van der Waals surface area contributed by atoms with Crippen molar-refractivity contribution in [2.75, 3.05) is 26.2 Å². The summed E-state index contributed by atoms with van der Waals surface area (Å²) in [5, 5.41) is 17.2. The molecule has 1 aromatic carbocycles. The molecule has 5 nitrogen and oxygen atoms in total. The Morgan fingerprint density at radius 1 is 1.27 bits per heavy atom. The maximum atomic E-state index is 10.3. The molecule has 1 aliphatic rings. The number of hydrogen-bond acceptors (Lipinski definition) is 4. The summed E-state index contributed by atoms with van der Waals surface area (Å²) < 4.78 is 0.686. The predicted molar refractivity (Wildman–Crippen MR) is 138 cm³/mol. The number of halogens is 2. The summed E-state index contributed by atoms with van der Waals surface area (Å²) in [7, 11) is 0. The number of aliphatic hydroxyl groups excluding tert-OH is 1. The lowest BCUT2D eigenvalue weighted by Crippen LogP contribution is -2.48. The minimum Gasteiger partial charge on any atom is -0.386 e. The molecular formula is C22H32ClIN4OS. The fourth-order valence-corrected chi connectivity index (χ4v) is 4.59. The molecule has 3 rings (SSSR count). The quantitative estimate of drug-likeness (QED) is 0.263. The van der Waals surface area contributed by atoms with Gasteiger partial charge in [0.05, 0.1) is 10.9 Å². The Kier molecular flexibility index (Phi) is 10.9. The van der Waals surface area contributed by atoms with Gasteiger partial charge in [-0.05, 0) is 49.9 Å². The highest BCUT2D eigenvalue weighted by molar-refractivity contribution is 14.0. The van der Waals surface area contributed by atoms with Gasteiger partial charge in [0.15, 0.2) is 5.96 Å². The number of benzene rings is 1. The highest BCUT2D eigenvalue weighted by atomic mass is 127. The lowest BCUT2D eigenvalue weighted by molar-refractivity contribution is 0.189. The van der Waals surface area contributed by atoms with Gasteiger partial charge in [0.1, 0.15) is 6.10 Å². The number of nitrogens with one attached hydrogen (secondary N) is 2. The van der Waals surface area contributed by atoms with Crippen LogP contribution in [-0.4, -0.2) is 48.2 Å². The Labute approximate surface area is 205 Å². The summed E-state index contributed by atoms with van der Waals surface area (Å²) in [4.78, 5) is 7.95. The number of rotatable bonds is 7. The van der Waals surface area contributed by atoms with E-state index >= 15 is 0 Å². The van der Waals surface area contributed by atoms with E-state index in [9.17, 15) is 5.11 Å². The molecule has 0 amide bonds. The minimum absolute atomic E-state index is 0. The van der Waals surface area contributed by atoms with E-state index in [4.69, 9.17) is 11.6 Å². The molecule has 0 radical (unpaired) electrons. The van der Waals surface area contributed by atoms with Crippen LogP contribution >= 0.6 is 46.9 Å². The molecular weight excluding hydrogens is 531 g/mol. The van der Waals surface area contributed by atoms with Crippen LogP contribution in [-0.2, 0) is 6.54 Å². The van der Waals surface area contributed by atoms with Crippen molar-refractivity contribution in [3.8, 4) is 0 Å². The number of aryl methyl sites for hydroxylation is 1. The van der Waals surface area contributed by atoms with Gasteiger partial charge >= 0.3 is 0 Å². The van der Waals surface area contributed by atoms with Crippen molar-refractivity contribution in [3.63, 3.8) is 0 Å². The summed E-state index contributed by atoms with van der Waals surface area (Å²) in [5.74, 6) is 0.770. The summed E-state index contributed by atoms with van der Waals surface area (Å²) in [6.45, 7) is 8.50. The smallest absolute Gasteiger partial charge is 0.191 e. The molecule has 1 aliphatic heterocycles. The van der Waals surface area contributed by atoms with Gasteiger partial charge in [0.2, 0.25) is 0 Å². The van der Waals surface area contributed by atoms with Gasteiger partial charge in [-0.1, -0.05) is 35.9 Å². The molecule has 1 unspecified atom stereocenters. The van der Waals surface area contributed by atoms with Crippen molar-refractivity contribution in [1.29, 1.82) is 0 Å². The molecule has 166 valence electrons. The summed E-state index contributed by atoms with van der Waals surface area (Å²) in [5.41, 5.74) is 2.77. The van der Waals surface area contributed by atoms with Crippen LogP contribution < -0.4 is 10.6 Å². The van der Waals surface area contributed by atoms with Crippen molar-refractivity contribution in [2.45, 2.75) is 45.4 Å². The summed E-state index contributed by atoms with van der Waals surface area (Å²) in [6.07, 6.45) is 1.54. The third kappa shape index (κ3) is 7.67. The van der Waals surface area contributed by atoms with Crippen LogP contribution in [0.4, 0.5) is 0 Å². The van der Waals surface area contributed by atoms with Crippen molar-refractivity contribution < 1.29 is 5.11 Å². The molecule has 1 saturated heterocycles. The zero-order valence-electron chi connectivity index (χ0n) is 17.6. The average molecular weight is 563 g/mol. The molecule has 0 saturated carbocycles. The van der Waals surface area contributed by atoms with E-state index < -0.39 is 6.10 Å². The lowest BCUT2D eigenvalue weighted by Gasteiger charge is -2.33. The Balaban J connectivity index is 0.00000320. The molecule has 0 aliphatic carbocycles. The van der Waals surface area contributed by atoms with E-state index in [1.165, 1.54) is 22.5 Å². The molecule has 2 heterocycles. The first kappa shape index (κ1) is 25.4. The van der Waals surface area contributed by atoms with Gasteiger partial charge in [0.25, 0.3) is 0 Å². The second kappa shape index (κ2) is 12.9. The fourth-order valence-electron chi connectivity index (χ4n) is 3.55. The molecule has 2 aromatic rings. The number of nitrogens with zero attached hydrogens (tertiary/aromatic N) is 2. The number of aliphatic imine (C=N–C) groups is 1. The van der Waals surface area contributed by atoms with Gasteiger partial charge in [-0.15, -0.1) is 35.3 Å². The molecule has 30 heavy (non-hydrogen) atoms. The Morgan fingerprint density at radius 2 is 2.00 bits per heavy atom. The monoisotopic (exact) mass is 562 g/mol. The zero-order chi connectivity index (χ0) is 20.6. The lowest BCUT2D eigenvalue weighted by atomic mass is 10.0. The van der Waals surface area contributed by atoms with E-state index in [0.717, 1.165) is 49.9 Å². The Bertz CT molecular complexity index is 808. The van der Waals surface area contributed by atoms with E-state index in [0.29, 0.717) is 16.9 Å². The van der Waals surface area contributed by atoms with Crippen LogP contribution in [0, 0.1) is 6.92 Å². The van der Waals surface area contributed by atoms with E-state index in [1.807, 2.05) is 12.1 Å². The molecule has 0 spiro atoms. The van der Waals surface area contributed by atoms with Gasteiger partial charge in [0, 0.05) is 37.1 Å². The van der Waals surface area contributed by atoms with Crippen LogP contribution in [0.5, 0.6) is 0 Å². The van der Waals surface area contributed by atoms with Gasteiger partial charge in [-0.25, -0.2) is 0 Å². The van der Waals surface area contributed by atoms with Crippen LogP contribution in [0.1, 0.15) is 41.9 Å². The standard InChI is InChI=1S/C22H31ClN4OS.HI/c1-3-24-22(25-14-19(28)20-8-9-21(23)29-20)26-18-10-12-27(13-11-18)15-17-7-5-4-6-16(17)2;/h4-9,18-19,28H,3,10-15H2,1-2H3,(H2,24,25,26);1H. The van der Waals surface area contributed by atoms with Crippen LogP contribution in [0.15, 0.2) is 41.4 Å². The second-order valence-electron chi connectivity index (χ2n) is 7.50. The first-order valence-electron chi connectivity index (χ1n) is 10.3. The maximum absolute atomic E-state index is 10.3. The van der Waals surface area contributed by atoms with Crippen molar-refractivity contribution in [1.82, 2.24) is 15.5 Å². The van der Waals surface area contributed by atoms with Crippen LogP contribution in [0.3, 0.4) is 0 Å². The number of likely N-dealkylation sites (tertiary alicyclic amines) is 1. The summed E-state index contributed by atoms with van der Waals surface area (Å²) in [6, 6.07) is 12.7. The van der Waals surface area contributed by atoms with Crippen LogP contribution in [0.2, 0.25) is 4.34 Å². The first-order valence-corrected chi connectivity index (χ1v) is 11.5. The van der Waals surface area contributed by atoms with E-state index in [-0.39, 0.29) is 24.0 Å². The predicted octanol–water partition coefficient (Wildman–Crippen LogP) is 4.58. The number of guanidine groups is 1.